The van der Waals surface area contributed by atoms with Crippen LogP contribution in [-0.2, 0) is 28.7 Å². The van der Waals surface area contributed by atoms with E-state index in [1.165, 1.54) is 4.90 Å². The highest BCUT2D eigenvalue weighted by atomic mass is 35.5. The van der Waals surface area contributed by atoms with Crippen LogP contribution in [0.3, 0.4) is 0 Å². The molecule has 274 valence electrons. The van der Waals surface area contributed by atoms with Gasteiger partial charge in [-0.15, -0.1) is 0 Å². The van der Waals surface area contributed by atoms with Gasteiger partial charge in [-0.25, -0.2) is 4.39 Å². The van der Waals surface area contributed by atoms with E-state index < -0.39 is 51.6 Å². The predicted octanol–water partition coefficient (Wildman–Crippen LogP) is 4.52. The van der Waals surface area contributed by atoms with E-state index in [0.29, 0.717) is 55.3 Å². The first kappa shape index (κ1) is 36.9. The second-order valence-corrected chi connectivity index (χ2v) is 14.2. The average Bonchev–Trinajstić information content (AvgIpc) is 3.48. The Bertz CT molecular complexity index is 1830. The number of nitrogens with zero attached hydrogens (tertiary/aromatic N) is 7. The zero-order valence-electron chi connectivity index (χ0n) is 28.0. The largest absolute Gasteiger partial charge is 0.461 e. The first-order valence-corrected chi connectivity index (χ1v) is 17.2. The molecule has 1 aromatic carbocycles. The fourth-order valence-corrected chi connectivity index (χ4v) is 7.94. The van der Waals surface area contributed by atoms with E-state index in [2.05, 4.69) is 14.9 Å². The average molecular weight is 755 g/mol. The van der Waals surface area contributed by atoms with E-state index >= 15 is 0 Å². The molecule has 2 aromatic rings. The van der Waals surface area contributed by atoms with Crippen LogP contribution in [0.4, 0.5) is 29.1 Å². The maximum absolute atomic E-state index is 14.5. The topological polar surface area (TPSA) is 159 Å². The van der Waals surface area contributed by atoms with Gasteiger partial charge in [0.1, 0.15) is 30.4 Å². The van der Waals surface area contributed by atoms with Crippen LogP contribution in [0.1, 0.15) is 59.7 Å². The number of halogens is 6. The molecule has 0 spiro atoms. The highest BCUT2D eigenvalue weighted by Crippen LogP contribution is 2.47. The fourth-order valence-electron chi connectivity index (χ4n) is 7.41. The lowest BCUT2D eigenvalue weighted by Gasteiger charge is -2.33. The molecule has 0 saturated carbocycles. The van der Waals surface area contributed by atoms with E-state index in [9.17, 15) is 27.6 Å². The van der Waals surface area contributed by atoms with E-state index in [1.807, 2.05) is 4.90 Å². The molecule has 6 rings (SSSR count). The summed E-state index contributed by atoms with van der Waals surface area (Å²) in [6.07, 6.45) is -4.94. The number of carbonyl (C=O) groups excluding carboxylic acids is 1. The molecule has 4 aliphatic heterocycles. The minimum atomic E-state index is -4.92. The number of rotatable bonds is 7. The zero-order chi connectivity index (χ0) is 36.8. The molecule has 1 aromatic heterocycles. The van der Waals surface area contributed by atoms with Gasteiger partial charge in [0.05, 0.1) is 63.1 Å². The van der Waals surface area contributed by atoms with Crippen molar-refractivity contribution in [2.24, 2.45) is 10.7 Å². The number of fused-ring (bicyclic) bond motifs is 2. The first-order valence-electron chi connectivity index (χ1n) is 16.4. The molecule has 1 unspecified atom stereocenters. The summed E-state index contributed by atoms with van der Waals surface area (Å²) >= 11 is 12.7. The smallest absolute Gasteiger partial charge is 0.418 e. The van der Waals surface area contributed by atoms with E-state index in [0.717, 1.165) is 25.5 Å². The number of alkyl halides is 4. The third-order valence-electron chi connectivity index (χ3n) is 9.81. The summed E-state index contributed by atoms with van der Waals surface area (Å²) in [5.41, 5.74) is 10.2. The number of nitrogen functional groups attached to an aromatic ring is 1. The molecule has 12 nitrogen and oxygen atoms in total. The molecule has 2 fully saturated rings. The molecule has 0 bridgehead atoms. The van der Waals surface area contributed by atoms with Gasteiger partial charge in [-0.2, -0.15) is 28.4 Å². The standard InChI is InChI=1S/C33H37Cl2F4N9O3/c1-46(2)30(49)28(42)27(35)23-14-47(7-4-6-43-23)29-19-15-50-24(25-18(12-40)21(41)9-20(34)26(25)33(37,38)39)10-22(19)44-31(45-29)51-16-32-5-3-8-48(32)13-17(36)11-32/h9,17,24H,3-8,10-11,13-16,41-42H2,1-2H3/b28-27+/t17-,24?,32+/m1/s1. The van der Waals surface area contributed by atoms with Gasteiger partial charge in [-0.1, -0.05) is 23.2 Å². The van der Waals surface area contributed by atoms with E-state index in [-0.39, 0.29) is 48.6 Å². The Morgan fingerprint density at radius 2 is 2.04 bits per heavy atom. The summed E-state index contributed by atoms with van der Waals surface area (Å²) < 4.78 is 70.1. The molecular weight excluding hydrogens is 717 g/mol. The summed E-state index contributed by atoms with van der Waals surface area (Å²) in [4.78, 5) is 31.8. The summed E-state index contributed by atoms with van der Waals surface area (Å²) in [5, 5.41) is 9.22. The molecular formula is C33H37Cl2F4N9O3. The molecule has 0 radical (unpaired) electrons. The maximum atomic E-state index is 14.5. The Hall–Kier alpha value is -3.91. The van der Waals surface area contributed by atoms with Crippen LogP contribution in [0.15, 0.2) is 21.8 Å². The van der Waals surface area contributed by atoms with Crippen LogP contribution in [0.2, 0.25) is 5.02 Å². The van der Waals surface area contributed by atoms with Crippen molar-refractivity contribution in [3.8, 4) is 12.1 Å². The van der Waals surface area contributed by atoms with Gasteiger partial charge in [0, 0.05) is 57.7 Å². The van der Waals surface area contributed by atoms with Crippen molar-refractivity contribution in [2.45, 2.75) is 62.7 Å². The summed E-state index contributed by atoms with van der Waals surface area (Å²) in [6.45, 7) is 1.80. The van der Waals surface area contributed by atoms with Gasteiger partial charge in [0.2, 0.25) is 0 Å². The quantitative estimate of drug-likeness (QED) is 0.234. The van der Waals surface area contributed by atoms with Gasteiger partial charge in [-0.05, 0) is 31.9 Å². The molecule has 0 aliphatic carbocycles. The number of hydrogen-bond acceptors (Lipinski definition) is 11. The number of aliphatic imine (C=N–C) groups is 1. The highest BCUT2D eigenvalue weighted by molar-refractivity contribution is 6.45. The second-order valence-electron chi connectivity index (χ2n) is 13.4. The van der Waals surface area contributed by atoms with Crippen LogP contribution in [0.25, 0.3) is 0 Å². The third-order valence-corrected chi connectivity index (χ3v) is 10.5. The van der Waals surface area contributed by atoms with Crippen molar-refractivity contribution in [1.29, 1.82) is 5.26 Å². The molecule has 2 saturated heterocycles. The maximum Gasteiger partial charge on any atom is 0.418 e. The number of likely N-dealkylation sites (N-methyl/N-ethyl adjacent to an activating group) is 1. The van der Waals surface area contributed by atoms with E-state index in [1.54, 1.807) is 20.2 Å². The van der Waals surface area contributed by atoms with Gasteiger partial charge in [-0.3, -0.25) is 14.7 Å². The Kier molecular flexibility index (Phi) is 10.3. The molecule has 4 aliphatic rings. The normalized spacial score (nSPS) is 24.2. The summed E-state index contributed by atoms with van der Waals surface area (Å²) in [6, 6.07) is 2.64. The molecule has 5 heterocycles. The SMILES string of the molecule is CN(C)C(=O)/C(N)=C(\Cl)C1=NCCCN(c2nc(OC[C@@]34CCCN3C[C@H](F)C4)nc3c2COC(c2c(C#N)c(N)cc(Cl)c2C(F)(F)F)C3)C1. The van der Waals surface area contributed by atoms with Gasteiger partial charge in [0.25, 0.3) is 5.91 Å². The van der Waals surface area contributed by atoms with Crippen LogP contribution in [0.5, 0.6) is 6.01 Å². The van der Waals surface area contributed by atoms with Gasteiger partial charge < -0.3 is 30.7 Å². The minimum absolute atomic E-state index is 0.0130. The molecule has 1 amide bonds. The van der Waals surface area contributed by atoms with E-state index in [4.69, 9.17) is 49.1 Å². The Labute approximate surface area is 302 Å². The van der Waals surface area contributed by atoms with Crippen molar-refractivity contribution < 1.29 is 31.8 Å². The summed E-state index contributed by atoms with van der Waals surface area (Å²) in [7, 11) is 3.09. The third kappa shape index (κ3) is 7.13. The Balaban J connectivity index is 1.41. The number of aromatic nitrogens is 2. The lowest BCUT2D eigenvalue weighted by molar-refractivity contribution is -0.139. The van der Waals surface area contributed by atoms with Gasteiger partial charge >= 0.3 is 12.2 Å². The fraction of sp³-hybridized carbons (Fsp3) is 0.545. The number of benzene rings is 1. The molecule has 18 heteroatoms. The molecule has 51 heavy (non-hydrogen) atoms. The monoisotopic (exact) mass is 753 g/mol. The van der Waals surface area contributed by atoms with Crippen LogP contribution in [0, 0.1) is 11.3 Å². The van der Waals surface area contributed by atoms with Gasteiger partial charge in [0.15, 0.2) is 0 Å². The molecule has 3 atom stereocenters. The number of ether oxygens (including phenoxy) is 2. The number of nitrogens with two attached hydrogens (primary N) is 2. The van der Waals surface area contributed by atoms with Crippen molar-refractivity contribution in [3.05, 3.63) is 49.8 Å². The zero-order valence-corrected chi connectivity index (χ0v) is 29.5. The Morgan fingerprint density at radius 1 is 1.27 bits per heavy atom. The predicted molar refractivity (Wildman–Crippen MR) is 182 cm³/mol. The van der Waals surface area contributed by atoms with Crippen LogP contribution >= 0.6 is 23.2 Å². The number of amides is 1. The lowest BCUT2D eigenvalue weighted by Crippen LogP contribution is -2.43. The summed E-state index contributed by atoms with van der Waals surface area (Å²) in [5.74, 6) is -0.129. The van der Waals surface area contributed by atoms with Crippen LogP contribution < -0.4 is 21.1 Å². The number of hydrogen-bond donors (Lipinski definition) is 2. The van der Waals surface area contributed by atoms with Crippen molar-refractivity contribution >= 4 is 46.3 Å². The highest BCUT2D eigenvalue weighted by Gasteiger charge is 2.49. The number of nitriles is 1. The number of carbonyl (C=O) groups is 1. The minimum Gasteiger partial charge on any atom is -0.461 e. The van der Waals surface area contributed by atoms with Crippen molar-refractivity contribution in [2.75, 3.05) is 64.1 Å². The van der Waals surface area contributed by atoms with Crippen molar-refractivity contribution in [1.82, 2.24) is 19.8 Å². The Morgan fingerprint density at radius 3 is 2.75 bits per heavy atom. The lowest BCUT2D eigenvalue weighted by atomic mass is 9.90. The second kappa shape index (κ2) is 14.3. The van der Waals surface area contributed by atoms with Crippen LogP contribution in [-0.4, -0.2) is 96.5 Å². The van der Waals surface area contributed by atoms with Crippen molar-refractivity contribution in [3.63, 3.8) is 0 Å². The first-order chi connectivity index (χ1) is 24.1. The molecule has 4 N–H and O–H groups in total. The number of anilines is 2.